The van der Waals surface area contributed by atoms with Crippen LogP contribution in [0, 0.1) is 5.92 Å². The lowest BCUT2D eigenvalue weighted by Gasteiger charge is -2.22. The average molecular weight is 190 g/mol. The van der Waals surface area contributed by atoms with Crippen molar-refractivity contribution in [3.05, 3.63) is 23.8 Å². The molecule has 0 aromatic rings. The zero-order valence-corrected chi connectivity index (χ0v) is 8.84. The average Bonchev–Trinajstić information content (AvgIpc) is 2.71. The van der Waals surface area contributed by atoms with Crippen LogP contribution in [0.1, 0.15) is 26.2 Å². The largest absolute Gasteiger partial charge is 0.368 e. The Morgan fingerprint density at radius 3 is 3.00 bits per heavy atom. The Labute approximate surface area is 85.8 Å². The molecule has 2 rings (SSSR count). The van der Waals surface area contributed by atoms with E-state index in [1.807, 2.05) is 0 Å². The topological polar surface area (TPSA) is 24.4 Å². The molecule has 0 saturated heterocycles. The smallest absolute Gasteiger partial charge is 0.123 e. The molecule has 0 amide bonds. The van der Waals surface area contributed by atoms with Crippen LogP contribution in [0.15, 0.2) is 28.8 Å². The molecule has 2 heteroatoms. The quantitative estimate of drug-likeness (QED) is 0.664. The first-order valence-electron chi connectivity index (χ1n) is 5.40. The molecule has 14 heavy (non-hydrogen) atoms. The lowest BCUT2D eigenvalue weighted by molar-refractivity contribution is 0.547. The van der Waals surface area contributed by atoms with E-state index < -0.39 is 0 Å². The Kier molecular flexibility index (Phi) is 2.71. The van der Waals surface area contributed by atoms with Gasteiger partial charge in [0.2, 0.25) is 0 Å². The van der Waals surface area contributed by atoms with Crippen LogP contribution in [0.5, 0.6) is 0 Å². The lowest BCUT2D eigenvalue weighted by atomic mass is 9.85. The highest BCUT2D eigenvalue weighted by Gasteiger charge is 2.18. The summed E-state index contributed by atoms with van der Waals surface area (Å²) in [6.07, 6.45) is 5.87. The van der Waals surface area contributed by atoms with Gasteiger partial charge in [-0.25, -0.2) is 0 Å². The van der Waals surface area contributed by atoms with Crippen molar-refractivity contribution in [1.29, 1.82) is 0 Å². The standard InChI is InChI=1S/C12H18N2/c1-9(2)10-3-5-11(6-4-10)12-13-7-8-14-12/h5,10H,1,3-4,6-8H2,2H3,(H,13,14). The second-order valence-corrected chi connectivity index (χ2v) is 4.20. The zero-order chi connectivity index (χ0) is 9.97. The molecule has 76 valence electrons. The highest BCUT2D eigenvalue weighted by Crippen LogP contribution is 2.28. The molecule has 0 radical (unpaired) electrons. The Hall–Kier alpha value is -1.05. The first-order chi connectivity index (χ1) is 6.77. The van der Waals surface area contributed by atoms with Gasteiger partial charge in [0.1, 0.15) is 5.84 Å². The fourth-order valence-electron chi connectivity index (χ4n) is 2.11. The van der Waals surface area contributed by atoms with Crippen molar-refractivity contribution < 1.29 is 0 Å². The molecule has 0 fully saturated rings. The molecule has 1 aliphatic carbocycles. The predicted molar refractivity (Wildman–Crippen MR) is 60.5 cm³/mol. The van der Waals surface area contributed by atoms with E-state index in [4.69, 9.17) is 0 Å². The van der Waals surface area contributed by atoms with Gasteiger partial charge in [-0.05, 0) is 37.7 Å². The van der Waals surface area contributed by atoms with Crippen LogP contribution >= 0.6 is 0 Å². The number of nitrogens with one attached hydrogen (secondary N) is 1. The van der Waals surface area contributed by atoms with E-state index >= 15 is 0 Å². The van der Waals surface area contributed by atoms with Gasteiger partial charge in [0.05, 0.1) is 6.54 Å². The molecule has 2 nitrogen and oxygen atoms in total. The van der Waals surface area contributed by atoms with Gasteiger partial charge in [-0.1, -0.05) is 18.2 Å². The zero-order valence-electron chi connectivity index (χ0n) is 8.84. The number of amidine groups is 1. The molecule has 1 atom stereocenters. The van der Waals surface area contributed by atoms with Crippen molar-refractivity contribution in [3.8, 4) is 0 Å². The van der Waals surface area contributed by atoms with Gasteiger partial charge in [0.15, 0.2) is 0 Å². The van der Waals surface area contributed by atoms with E-state index in [0.717, 1.165) is 31.8 Å². The van der Waals surface area contributed by atoms with Crippen molar-refractivity contribution in [2.75, 3.05) is 13.1 Å². The van der Waals surface area contributed by atoms with Crippen molar-refractivity contribution in [2.24, 2.45) is 10.9 Å². The van der Waals surface area contributed by atoms with E-state index in [0.29, 0.717) is 5.92 Å². The Morgan fingerprint density at radius 2 is 2.50 bits per heavy atom. The lowest BCUT2D eigenvalue weighted by Crippen LogP contribution is -2.22. The second-order valence-electron chi connectivity index (χ2n) is 4.20. The number of hydrogen-bond acceptors (Lipinski definition) is 2. The van der Waals surface area contributed by atoms with E-state index in [1.54, 1.807) is 0 Å². The summed E-state index contributed by atoms with van der Waals surface area (Å²) in [5, 5.41) is 3.33. The van der Waals surface area contributed by atoms with Crippen LogP contribution in [0.3, 0.4) is 0 Å². The molecule has 2 aliphatic rings. The molecule has 1 unspecified atom stereocenters. The minimum absolute atomic E-state index is 0.695. The van der Waals surface area contributed by atoms with Crippen molar-refractivity contribution in [1.82, 2.24) is 5.32 Å². The summed E-state index contributed by atoms with van der Waals surface area (Å²) in [5.41, 5.74) is 2.74. The fourth-order valence-corrected chi connectivity index (χ4v) is 2.11. The molecule has 1 aliphatic heterocycles. The summed E-state index contributed by atoms with van der Waals surface area (Å²) in [6, 6.07) is 0. The molecule has 1 N–H and O–H groups in total. The first-order valence-corrected chi connectivity index (χ1v) is 5.40. The summed E-state index contributed by atoms with van der Waals surface area (Å²) in [5.74, 6) is 1.84. The number of allylic oxidation sites excluding steroid dienone is 2. The molecular formula is C12H18N2. The highest BCUT2D eigenvalue weighted by atomic mass is 15.1. The molecule has 0 aromatic carbocycles. The number of aliphatic imine (C=N–C) groups is 1. The van der Waals surface area contributed by atoms with E-state index in [2.05, 4.69) is 29.9 Å². The molecule has 1 heterocycles. The third-order valence-corrected chi connectivity index (χ3v) is 3.09. The summed E-state index contributed by atoms with van der Waals surface area (Å²) in [7, 11) is 0. The molecule has 0 saturated carbocycles. The van der Waals surface area contributed by atoms with Crippen molar-refractivity contribution in [2.45, 2.75) is 26.2 Å². The fraction of sp³-hybridized carbons (Fsp3) is 0.583. The molecule has 0 spiro atoms. The summed E-state index contributed by atoms with van der Waals surface area (Å²) in [4.78, 5) is 4.44. The normalized spacial score (nSPS) is 26.5. The van der Waals surface area contributed by atoms with Gasteiger partial charge in [-0.15, -0.1) is 0 Å². The third kappa shape index (κ3) is 1.89. The summed E-state index contributed by atoms with van der Waals surface area (Å²) < 4.78 is 0. The molecule has 0 bridgehead atoms. The van der Waals surface area contributed by atoms with Crippen LogP contribution < -0.4 is 5.32 Å². The van der Waals surface area contributed by atoms with Crippen LogP contribution in [0.2, 0.25) is 0 Å². The number of hydrogen-bond donors (Lipinski definition) is 1. The predicted octanol–water partition coefficient (Wildman–Crippen LogP) is 2.29. The maximum Gasteiger partial charge on any atom is 0.123 e. The van der Waals surface area contributed by atoms with Crippen molar-refractivity contribution in [3.63, 3.8) is 0 Å². The van der Waals surface area contributed by atoms with Crippen LogP contribution in [-0.4, -0.2) is 18.9 Å². The van der Waals surface area contributed by atoms with Gasteiger partial charge in [-0.3, -0.25) is 4.99 Å². The summed E-state index contributed by atoms with van der Waals surface area (Å²) >= 11 is 0. The minimum Gasteiger partial charge on any atom is -0.368 e. The van der Waals surface area contributed by atoms with Gasteiger partial charge in [0, 0.05) is 6.54 Å². The second kappa shape index (κ2) is 3.99. The Morgan fingerprint density at radius 1 is 1.64 bits per heavy atom. The van der Waals surface area contributed by atoms with Crippen LogP contribution in [-0.2, 0) is 0 Å². The van der Waals surface area contributed by atoms with Gasteiger partial charge in [-0.2, -0.15) is 0 Å². The van der Waals surface area contributed by atoms with E-state index in [9.17, 15) is 0 Å². The maximum absolute atomic E-state index is 4.44. The SMILES string of the molecule is C=C(C)C1CC=C(C2=NCCN2)CC1. The Bertz CT molecular complexity index is 299. The third-order valence-electron chi connectivity index (χ3n) is 3.09. The first kappa shape index (κ1) is 9.50. The van der Waals surface area contributed by atoms with Gasteiger partial charge < -0.3 is 5.32 Å². The molecular weight excluding hydrogens is 172 g/mol. The van der Waals surface area contributed by atoms with Gasteiger partial charge in [0.25, 0.3) is 0 Å². The van der Waals surface area contributed by atoms with E-state index in [1.165, 1.54) is 17.6 Å². The van der Waals surface area contributed by atoms with E-state index in [-0.39, 0.29) is 0 Å². The number of rotatable bonds is 2. The molecule has 0 aromatic heterocycles. The minimum atomic E-state index is 0.695. The summed E-state index contributed by atoms with van der Waals surface area (Å²) in [6.45, 7) is 8.11. The highest BCUT2D eigenvalue weighted by molar-refractivity contribution is 5.99. The maximum atomic E-state index is 4.44. The van der Waals surface area contributed by atoms with Crippen LogP contribution in [0.4, 0.5) is 0 Å². The van der Waals surface area contributed by atoms with Gasteiger partial charge >= 0.3 is 0 Å². The number of nitrogens with zero attached hydrogens (tertiary/aromatic N) is 1. The monoisotopic (exact) mass is 190 g/mol. The van der Waals surface area contributed by atoms with Crippen LogP contribution in [0.25, 0.3) is 0 Å². The Balaban J connectivity index is 2.00. The van der Waals surface area contributed by atoms with Crippen molar-refractivity contribution >= 4 is 5.84 Å².